The summed E-state index contributed by atoms with van der Waals surface area (Å²) in [6.45, 7) is 6.78. The van der Waals surface area contributed by atoms with E-state index in [1.165, 1.54) is 0 Å². The van der Waals surface area contributed by atoms with Gasteiger partial charge in [0.15, 0.2) is 0 Å². The van der Waals surface area contributed by atoms with Crippen LogP contribution in [0.5, 0.6) is 0 Å². The Morgan fingerprint density at radius 3 is 2.83 bits per heavy atom. The molecule has 0 aliphatic carbocycles. The first-order chi connectivity index (χ1) is 11.0. The molecular formula is C16H19ClN4O2. The number of benzene rings is 1. The van der Waals surface area contributed by atoms with E-state index in [9.17, 15) is 4.79 Å². The number of ether oxygens (including phenoxy) is 1. The predicted molar refractivity (Wildman–Crippen MR) is 87.0 cm³/mol. The number of amides is 1. The lowest BCUT2D eigenvalue weighted by Gasteiger charge is -2.36. The van der Waals surface area contributed by atoms with Gasteiger partial charge in [-0.2, -0.15) is 0 Å². The molecule has 122 valence electrons. The van der Waals surface area contributed by atoms with Crippen molar-refractivity contribution in [1.82, 2.24) is 19.7 Å². The van der Waals surface area contributed by atoms with Crippen LogP contribution in [0, 0.1) is 6.92 Å². The number of hydrogen-bond acceptors (Lipinski definition) is 4. The number of halogens is 1. The molecule has 6 nitrogen and oxygen atoms in total. The molecule has 1 aliphatic rings. The fourth-order valence-corrected chi connectivity index (χ4v) is 2.86. The van der Waals surface area contributed by atoms with Crippen LogP contribution in [-0.2, 0) is 4.74 Å². The van der Waals surface area contributed by atoms with Crippen molar-refractivity contribution < 1.29 is 9.53 Å². The highest BCUT2D eigenvalue weighted by atomic mass is 35.5. The smallest absolute Gasteiger partial charge is 0.293 e. The van der Waals surface area contributed by atoms with E-state index < -0.39 is 0 Å². The average Bonchev–Trinajstić information content (AvgIpc) is 2.91. The molecular weight excluding hydrogens is 316 g/mol. The Bertz CT molecular complexity index is 731. The zero-order chi connectivity index (χ0) is 16.6. The van der Waals surface area contributed by atoms with E-state index in [0.29, 0.717) is 29.7 Å². The molecule has 1 aromatic heterocycles. The molecule has 0 bridgehead atoms. The second-order valence-corrected chi connectivity index (χ2v) is 6.20. The minimum Gasteiger partial charge on any atom is -0.375 e. The molecule has 1 fully saturated rings. The quantitative estimate of drug-likeness (QED) is 0.846. The molecule has 1 aromatic carbocycles. The lowest BCUT2D eigenvalue weighted by Crippen LogP contribution is -2.50. The molecule has 2 atom stereocenters. The zero-order valence-electron chi connectivity index (χ0n) is 13.4. The number of carbonyl (C=O) groups excluding carboxylic acids is 1. The highest BCUT2D eigenvalue weighted by Gasteiger charge is 2.30. The molecule has 23 heavy (non-hydrogen) atoms. The Morgan fingerprint density at radius 1 is 1.35 bits per heavy atom. The van der Waals surface area contributed by atoms with E-state index in [4.69, 9.17) is 16.3 Å². The lowest BCUT2D eigenvalue weighted by atomic mass is 10.2. The summed E-state index contributed by atoms with van der Waals surface area (Å²) in [5.41, 5.74) is 0.710. The minimum atomic E-state index is -0.179. The van der Waals surface area contributed by atoms with Gasteiger partial charge in [-0.3, -0.25) is 4.79 Å². The van der Waals surface area contributed by atoms with Crippen LogP contribution in [0.3, 0.4) is 0 Å². The van der Waals surface area contributed by atoms with Gasteiger partial charge in [-0.15, -0.1) is 5.10 Å². The van der Waals surface area contributed by atoms with Crippen molar-refractivity contribution in [1.29, 1.82) is 0 Å². The second-order valence-electron chi connectivity index (χ2n) is 5.80. The van der Waals surface area contributed by atoms with Crippen LogP contribution in [0.25, 0.3) is 5.69 Å². The summed E-state index contributed by atoms with van der Waals surface area (Å²) in [6, 6.07) is 7.35. The number of rotatable bonds is 2. The van der Waals surface area contributed by atoms with Gasteiger partial charge in [0, 0.05) is 6.54 Å². The summed E-state index contributed by atoms with van der Waals surface area (Å²) in [7, 11) is 0. The first-order valence-electron chi connectivity index (χ1n) is 7.58. The van der Waals surface area contributed by atoms with Gasteiger partial charge < -0.3 is 9.64 Å². The second kappa shape index (κ2) is 6.29. The molecule has 2 heterocycles. The molecule has 7 heteroatoms. The largest absolute Gasteiger partial charge is 0.375 e. The van der Waals surface area contributed by atoms with Gasteiger partial charge in [-0.25, -0.2) is 9.67 Å². The Balaban J connectivity index is 1.91. The number of hydrogen-bond donors (Lipinski definition) is 0. The van der Waals surface area contributed by atoms with Gasteiger partial charge in [0.05, 0.1) is 29.5 Å². The first kappa shape index (κ1) is 16.0. The number of carbonyl (C=O) groups is 1. The molecule has 0 unspecified atom stereocenters. The van der Waals surface area contributed by atoms with E-state index in [1.54, 1.807) is 22.6 Å². The molecule has 0 radical (unpaired) electrons. The fourth-order valence-electron chi connectivity index (χ4n) is 2.65. The van der Waals surface area contributed by atoms with Gasteiger partial charge in [0.2, 0.25) is 5.82 Å². The number of nitrogens with zero attached hydrogens (tertiary/aromatic N) is 4. The maximum absolute atomic E-state index is 12.7. The van der Waals surface area contributed by atoms with Crippen molar-refractivity contribution in [3.63, 3.8) is 0 Å². The monoisotopic (exact) mass is 334 g/mol. The standard InChI is InChI=1S/C16H19ClN4O2/c1-10-9-23-11(2)8-20(10)16(22)15-18-12(3)21(19-15)14-7-5-4-6-13(14)17/h4-7,10-11H,8-9H2,1-3H3/t10-,11+/m1/s1. The van der Waals surface area contributed by atoms with Crippen LogP contribution in [-0.4, -0.2) is 50.9 Å². The van der Waals surface area contributed by atoms with Crippen LogP contribution >= 0.6 is 11.6 Å². The molecule has 0 spiro atoms. The molecule has 0 N–H and O–H groups in total. The number of aryl methyl sites for hydroxylation is 1. The summed E-state index contributed by atoms with van der Waals surface area (Å²) in [5, 5.41) is 4.93. The van der Waals surface area contributed by atoms with Crippen molar-refractivity contribution in [2.45, 2.75) is 32.9 Å². The fraction of sp³-hybridized carbons (Fsp3) is 0.438. The van der Waals surface area contributed by atoms with Gasteiger partial charge in [0.25, 0.3) is 5.91 Å². The molecule has 1 amide bonds. The van der Waals surface area contributed by atoms with Crippen molar-refractivity contribution in [2.75, 3.05) is 13.2 Å². The Morgan fingerprint density at radius 2 is 2.09 bits per heavy atom. The predicted octanol–water partition coefficient (Wildman–Crippen LogP) is 2.48. The summed E-state index contributed by atoms with van der Waals surface area (Å²) in [4.78, 5) is 18.8. The molecule has 3 rings (SSSR count). The highest BCUT2D eigenvalue weighted by molar-refractivity contribution is 6.32. The highest BCUT2D eigenvalue weighted by Crippen LogP contribution is 2.21. The zero-order valence-corrected chi connectivity index (χ0v) is 14.1. The normalized spacial score (nSPS) is 21.5. The van der Waals surface area contributed by atoms with E-state index in [-0.39, 0.29) is 23.9 Å². The van der Waals surface area contributed by atoms with E-state index >= 15 is 0 Å². The molecule has 1 saturated heterocycles. The van der Waals surface area contributed by atoms with Crippen LogP contribution < -0.4 is 0 Å². The van der Waals surface area contributed by atoms with Crippen LogP contribution in [0.15, 0.2) is 24.3 Å². The van der Waals surface area contributed by atoms with E-state index in [1.807, 2.05) is 32.0 Å². The van der Waals surface area contributed by atoms with Crippen molar-refractivity contribution in [2.24, 2.45) is 0 Å². The Kier molecular flexibility index (Phi) is 4.37. The topological polar surface area (TPSA) is 60.3 Å². The van der Waals surface area contributed by atoms with Crippen LogP contribution in [0.2, 0.25) is 5.02 Å². The molecule has 1 aliphatic heterocycles. The summed E-state index contributed by atoms with van der Waals surface area (Å²) >= 11 is 6.21. The third-order valence-electron chi connectivity index (χ3n) is 3.91. The van der Waals surface area contributed by atoms with Crippen LogP contribution in [0.4, 0.5) is 0 Å². The molecule has 2 aromatic rings. The Hall–Kier alpha value is -1.92. The van der Waals surface area contributed by atoms with E-state index in [2.05, 4.69) is 10.1 Å². The minimum absolute atomic E-state index is 0.00580. The first-order valence-corrected chi connectivity index (χ1v) is 7.96. The SMILES string of the molecule is Cc1nc(C(=O)N2C[C@H](C)OC[C@H]2C)nn1-c1ccccc1Cl. The van der Waals surface area contributed by atoms with Gasteiger partial charge in [0.1, 0.15) is 5.82 Å². The average molecular weight is 335 g/mol. The summed E-state index contributed by atoms with van der Waals surface area (Å²) < 4.78 is 7.16. The number of morpholine rings is 1. The van der Waals surface area contributed by atoms with Crippen LogP contribution in [0.1, 0.15) is 30.3 Å². The van der Waals surface area contributed by atoms with Gasteiger partial charge in [-0.1, -0.05) is 23.7 Å². The Labute approximate surface area is 140 Å². The van der Waals surface area contributed by atoms with Gasteiger partial charge in [-0.05, 0) is 32.9 Å². The van der Waals surface area contributed by atoms with Crippen molar-refractivity contribution in [3.05, 3.63) is 40.9 Å². The maximum atomic E-state index is 12.7. The summed E-state index contributed by atoms with van der Waals surface area (Å²) in [5.74, 6) is 0.625. The maximum Gasteiger partial charge on any atom is 0.293 e. The molecule has 0 saturated carbocycles. The summed E-state index contributed by atoms with van der Waals surface area (Å²) in [6.07, 6.45) is 0.0156. The lowest BCUT2D eigenvalue weighted by molar-refractivity contribution is -0.0391. The third-order valence-corrected chi connectivity index (χ3v) is 4.23. The number of aromatic nitrogens is 3. The number of para-hydroxylation sites is 1. The van der Waals surface area contributed by atoms with Gasteiger partial charge >= 0.3 is 0 Å². The van der Waals surface area contributed by atoms with Crippen molar-refractivity contribution in [3.8, 4) is 5.69 Å². The van der Waals surface area contributed by atoms with Crippen molar-refractivity contribution >= 4 is 17.5 Å². The van der Waals surface area contributed by atoms with E-state index in [0.717, 1.165) is 0 Å². The third kappa shape index (κ3) is 3.09.